The largest absolute Gasteiger partial charge is 0.378 e. The monoisotopic (exact) mass is 338 g/mol. The highest BCUT2D eigenvalue weighted by molar-refractivity contribution is 7.89. The van der Waals surface area contributed by atoms with Crippen LogP contribution in [0.25, 0.3) is 0 Å². The van der Waals surface area contributed by atoms with Crippen molar-refractivity contribution in [3.05, 3.63) is 35.4 Å². The Morgan fingerprint density at radius 3 is 2.57 bits per heavy atom. The topological polar surface area (TPSA) is 86.7 Å². The third-order valence-corrected chi connectivity index (χ3v) is 4.67. The fraction of sp³-hybridized carbons (Fsp3) is 0.438. The SMILES string of the molecule is CN(C)S(=O)(=O)CCNC(=O)c1cccc(C#CC(C)(C)O)c1. The first-order valence-electron chi connectivity index (χ1n) is 7.05. The first kappa shape index (κ1) is 19.2. The van der Waals surface area contributed by atoms with Crippen LogP contribution in [0.3, 0.4) is 0 Å². The van der Waals surface area contributed by atoms with Crippen LogP contribution >= 0.6 is 0 Å². The number of amides is 1. The maximum absolute atomic E-state index is 12.0. The number of nitrogens with one attached hydrogen (secondary N) is 1. The number of benzene rings is 1. The van der Waals surface area contributed by atoms with Crippen molar-refractivity contribution in [3.63, 3.8) is 0 Å². The van der Waals surface area contributed by atoms with Gasteiger partial charge in [-0.1, -0.05) is 17.9 Å². The van der Waals surface area contributed by atoms with Crippen LogP contribution in [0.4, 0.5) is 0 Å². The quantitative estimate of drug-likeness (QED) is 0.762. The van der Waals surface area contributed by atoms with E-state index in [0.29, 0.717) is 11.1 Å². The molecule has 23 heavy (non-hydrogen) atoms. The van der Waals surface area contributed by atoms with Crippen molar-refractivity contribution in [2.45, 2.75) is 19.4 Å². The molecule has 0 bridgehead atoms. The van der Waals surface area contributed by atoms with Crippen molar-refractivity contribution in [1.82, 2.24) is 9.62 Å². The molecule has 0 unspecified atom stereocenters. The average Bonchev–Trinajstić information content (AvgIpc) is 2.44. The van der Waals surface area contributed by atoms with Gasteiger partial charge >= 0.3 is 0 Å². The maximum atomic E-state index is 12.0. The van der Waals surface area contributed by atoms with Crippen LogP contribution in [0.1, 0.15) is 29.8 Å². The Kier molecular flexibility index (Phi) is 6.33. The summed E-state index contributed by atoms with van der Waals surface area (Å²) in [5.74, 6) is 4.93. The van der Waals surface area contributed by atoms with Crippen molar-refractivity contribution in [2.24, 2.45) is 0 Å². The zero-order valence-electron chi connectivity index (χ0n) is 13.8. The standard InChI is InChI=1S/C16H22N2O4S/c1-16(2,20)9-8-13-6-5-7-14(12-13)15(19)17-10-11-23(21,22)18(3)4/h5-7,12,20H,10-11H2,1-4H3,(H,17,19). The predicted molar refractivity (Wildman–Crippen MR) is 89.4 cm³/mol. The molecular weight excluding hydrogens is 316 g/mol. The molecule has 0 atom stereocenters. The predicted octanol–water partition coefficient (Wildman–Crippen LogP) is 0.430. The van der Waals surface area contributed by atoms with Gasteiger partial charge in [-0.3, -0.25) is 4.79 Å². The van der Waals surface area contributed by atoms with Gasteiger partial charge in [-0.05, 0) is 32.0 Å². The number of hydrogen-bond donors (Lipinski definition) is 2. The number of aliphatic hydroxyl groups is 1. The minimum absolute atomic E-state index is 0.0267. The van der Waals surface area contributed by atoms with Gasteiger partial charge in [0.05, 0.1) is 5.75 Å². The molecule has 0 aliphatic heterocycles. The Morgan fingerprint density at radius 2 is 2.00 bits per heavy atom. The first-order chi connectivity index (χ1) is 10.5. The molecule has 0 saturated heterocycles. The molecule has 1 amide bonds. The number of carbonyl (C=O) groups excluding carboxylic acids is 1. The first-order valence-corrected chi connectivity index (χ1v) is 8.66. The highest BCUT2D eigenvalue weighted by Crippen LogP contribution is 2.06. The molecule has 1 aromatic rings. The van der Waals surface area contributed by atoms with Crippen molar-refractivity contribution >= 4 is 15.9 Å². The van der Waals surface area contributed by atoms with E-state index in [0.717, 1.165) is 4.31 Å². The van der Waals surface area contributed by atoms with E-state index in [-0.39, 0.29) is 18.2 Å². The molecule has 7 heteroatoms. The van der Waals surface area contributed by atoms with Crippen molar-refractivity contribution in [2.75, 3.05) is 26.4 Å². The van der Waals surface area contributed by atoms with Crippen LogP contribution in [0, 0.1) is 11.8 Å². The van der Waals surface area contributed by atoms with E-state index < -0.39 is 15.6 Å². The third kappa shape index (κ3) is 6.82. The van der Waals surface area contributed by atoms with Crippen LogP contribution in [-0.2, 0) is 10.0 Å². The summed E-state index contributed by atoms with van der Waals surface area (Å²) in [4.78, 5) is 12.0. The summed E-state index contributed by atoms with van der Waals surface area (Å²) in [5.41, 5.74) is -0.130. The van der Waals surface area contributed by atoms with Gasteiger partial charge in [-0.15, -0.1) is 0 Å². The van der Waals surface area contributed by atoms with E-state index in [1.807, 2.05) is 0 Å². The van der Waals surface area contributed by atoms with Gasteiger partial charge in [-0.2, -0.15) is 0 Å². The molecule has 0 heterocycles. The Balaban J connectivity index is 2.72. The molecule has 0 aromatic heterocycles. The fourth-order valence-corrected chi connectivity index (χ4v) is 2.27. The lowest BCUT2D eigenvalue weighted by atomic mass is 10.1. The van der Waals surface area contributed by atoms with E-state index in [9.17, 15) is 18.3 Å². The second-order valence-electron chi connectivity index (χ2n) is 5.74. The van der Waals surface area contributed by atoms with Crippen molar-refractivity contribution in [1.29, 1.82) is 0 Å². The second-order valence-corrected chi connectivity index (χ2v) is 8.05. The summed E-state index contributed by atoms with van der Waals surface area (Å²) in [6, 6.07) is 6.62. The Bertz CT molecular complexity index is 722. The average molecular weight is 338 g/mol. The lowest BCUT2D eigenvalue weighted by Gasteiger charge is -2.11. The lowest BCUT2D eigenvalue weighted by Crippen LogP contribution is -2.33. The fourth-order valence-electron chi connectivity index (χ4n) is 1.54. The maximum Gasteiger partial charge on any atom is 0.251 e. The van der Waals surface area contributed by atoms with Gasteiger partial charge in [0.25, 0.3) is 5.91 Å². The molecule has 6 nitrogen and oxygen atoms in total. The van der Waals surface area contributed by atoms with E-state index in [1.54, 1.807) is 38.1 Å². The van der Waals surface area contributed by atoms with E-state index in [4.69, 9.17) is 0 Å². The molecule has 0 radical (unpaired) electrons. The normalized spacial score (nSPS) is 11.7. The van der Waals surface area contributed by atoms with Crippen LogP contribution in [0.15, 0.2) is 24.3 Å². The third-order valence-electron chi connectivity index (χ3n) is 2.84. The molecule has 0 aliphatic rings. The molecule has 2 N–H and O–H groups in total. The summed E-state index contributed by atoms with van der Waals surface area (Å²) in [6.07, 6.45) is 0. The number of carbonyl (C=O) groups is 1. The zero-order valence-corrected chi connectivity index (χ0v) is 14.6. The minimum atomic E-state index is -3.34. The van der Waals surface area contributed by atoms with Gasteiger partial charge in [0.1, 0.15) is 5.60 Å². The Morgan fingerprint density at radius 1 is 1.35 bits per heavy atom. The molecule has 1 rings (SSSR count). The van der Waals surface area contributed by atoms with Gasteiger partial charge in [0, 0.05) is 31.8 Å². The summed E-state index contributed by atoms with van der Waals surface area (Å²) in [7, 11) is -0.448. The smallest absolute Gasteiger partial charge is 0.251 e. The van der Waals surface area contributed by atoms with E-state index in [1.165, 1.54) is 14.1 Å². The molecule has 0 fully saturated rings. The highest BCUT2D eigenvalue weighted by atomic mass is 32.2. The summed E-state index contributed by atoms with van der Waals surface area (Å²) in [6.45, 7) is 3.17. The number of sulfonamides is 1. The van der Waals surface area contributed by atoms with Crippen LogP contribution in [-0.4, -0.2) is 55.7 Å². The lowest BCUT2D eigenvalue weighted by molar-refractivity contribution is 0.0956. The Labute approximate surface area is 137 Å². The molecule has 0 saturated carbocycles. The van der Waals surface area contributed by atoms with Gasteiger partial charge in [0.2, 0.25) is 10.0 Å². The summed E-state index contributed by atoms with van der Waals surface area (Å²) in [5, 5.41) is 12.1. The molecule has 0 aliphatic carbocycles. The molecule has 0 spiro atoms. The Hall–Kier alpha value is -1.88. The van der Waals surface area contributed by atoms with Crippen LogP contribution in [0.2, 0.25) is 0 Å². The zero-order chi connectivity index (χ0) is 17.7. The highest BCUT2D eigenvalue weighted by Gasteiger charge is 2.14. The molecule has 126 valence electrons. The summed E-state index contributed by atoms with van der Waals surface area (Å²) >= 11 is 0. The minimum Gasteiger partial charge on any atom is -0.378 e. The van der Waals surface area contributed by atoms with E-state index >= 15 is 0 Å². The van der Waals surface area contributed by atoms with E-state index in [2.05, 4.69) is 17.2 Å². The summed E-state index contributed by atoms with van der Waals surface area (Å²) < 4.78 is 24.3. The van der Waals surface area contributed by atoms with Crippen LogP contribution < -0.4 is 5.32 Å². The van der Waals surface area contributed by atoms with Gasteiger partial charge in [0.15, 0.2) is 0 Å². The van der Waals surface area contributed by atoms with Crippen LogP contribution in [0.5, 0.6) is 0 Å². The number of rotatable bonds is 5. The van der Waals surface area contributed by atoms with Gasteiger partial charge in [-0.25, -0.2) is 12.7 Å². The van der Waals surface area contributed by atoms with Gasteiger partial charge < -0.3 is 10.4 Å². The van der Waals surface area contributed by atoms with Crippen molar-refractivity contribution in [3.8, 4) is 11.8 Å². The number of hydrogen-bond acceptors (Lipinski definition) is 4. The number of nitrogens with zero attached hydrogens (tertiary/aromatic N) is 1. The molecular formula is C16H22N2O4S. The second kappa shape index (κ2) is 7.59. The van der Waals surface area contributed by atoms with Crippen molar-refractivity contribution < 1.29 is 18.3 Å². The molecule has 1 aromatic carbocycles.